The summed E-state index contributed by atoms with van der Waals surface area (Å²) in [5.41, 5.74) is 2.58. The fourth-order valence-electron chi connectivity index (χ4n) is 1.88. The van der Waals surface area contributed by atoms with E-state index in [1.54, 1.807) is 19.2 Å². The number of aromatic nitrogens is 1. The zero-order valence-electron chi connectivity index (χ0n) is 11.4. The van der Waals surface area contributed by atoms with Gasteiger partial charge in [0.2, 0.25) is 0 Å². The van der Waals surface area contributed by atoms with Crippen LogP contribution in [0.2, 0.25) is 0 Å². The van der Waals surface area contributed by atoms with Crippen molar-refractivity contribution in [3.8, 4) is 11.5 Å². The van der Waals surface area contributed by atoms with E-state index >= 15 is 0 Å². The maximum Gasteiger partial charge on any atom is 0.138 e. The Hall–Kier alpha value is -2.23. The second kappa shape index (κ2) is 5.61. The summed E-state index contributed by atoms with van der Waals surface area (Å²) >= 11 is 0. The van der Waals surface area contributed by atoms with Crippen LogP contribution in [-0.4, -0.2) is 24.2 Å². The van der Waals surface area contributed by atoms with Crippen LogP contribution in [0.15, 0.2) is 36.4 Å². The predicted molar refractivity (Wildman–Crippen MR) is 75.7 cm³/mol. The second-order valence-corrected chi connectivity index (χ2v) is 4.48. The minimum absolute atomic E-state index is 0.223. The van der Waals surface area contributed by atoms with Gasteiger partial charge in [0.15, 0.2) is 0 Å². The average Bonchev–Trinajstić information content (AvgIpc) is 2.43. The maximum atomic E-state index is 9.82. The number of methoxy groups -OCH3 is 1. The zero-order chi connectivity index (χ0) is 13.8. The molecular formula is C15H18N2O2. The van der Waals surface area contributed by atoms with Gasteiger partial charge in [0, 0.05) is 24.5 Å². The summed E-state index contributed by atoms with van der Waals surface area (Å²) < 4.78 is 5.21. The molecule has 0 unspecified atom stereocenters. The van der Waals surface area contributed by atoms with Gasteiger partial charge in [0.25, 0.3) is 0 Å². The molecule has 2 aromatic rings. The van der Waals surface area contributed by atoms with Gasteiger partial charge in [-0.15, -0.1) is 0 Å². The van der Waals surface area contributed by atoms with E-state index in [2.05, 4.69) is 4.98 Å². The molecule has 19 heavy (non-hydrogen) atoms. The lowest BCUT2D eigenvalue weighted by molar-refractivity contribution is 0.415. The third kappa shape index (κ3) is 3.16. The van der Waals surface area contributed by atoms with Crippen LogP contribution >= 0.6 is 0 Å². The Morgan fingerprint density at radius 1 is 1.26 bits per heavy atom. The van der Waals surface area contributed by atoms with Crippen molar-refractivity contribution in [2.24, 2.45) is 0 Å². The first kappa shape index (κ1) is 13.2. The number of anilines is 1. The van der Waals surface area contributed by atoms with Gasteiger partial charge in [-0.2, -0.15) is 0 Å². The Balaban J connectivity index is 2.20. The van der Waals surface area contributed by atoms with E-state index in [1.807, 2.05) is 43.1 Å². The van der Waals surface area contributed by atoms with Crippen molar-refractivity contribution in [1.29, 1.82) is 0 Å². The second-order valence-electron chi connectivity index (χ2n) is 4.48. The molecule has 0 fully saturated rings. The first-order valence-electron chi connectivity index (χ1n) is 6.11. The molecule has 0 bridgehead atoms. The van der Waals surface area contributed by atoms with Crippen molar-refractivity contribution >= 4 is 5.69 Å². The number of ether oxygens (including phenoxy) is 1. The zero-order valence-corrected chi connectivity index (χ0v) is 11.4. The maximum absolute atomic E-state index is 9.82. The molecular weight excluding hydrogens is 240 g/mol. The Kier molecular flexibility index (Phi) is 3.90. The molecule has 0 aliphatic heterocycles. The predicted octanol–water partition coefficient (Wildman–Crippen LogP) is 2.74. The van der Waals surface area contributed by atoms with Crippen LogP contribution in [-0.2, 0) is 6.54 Å². The third-order valence-electron chi connectivity index (χ3n) is 2.97. The molecule has 1 aromatic carbocycles. The van der Waals surface area contributed by atoms with Gasteiger partial charge in [-0.25, -0.2) is 0 Å². The van der Waals surface area contributed by atoms with E-state index in [9.17, 15) is 5.11 Å². The van der Waals surface area contributed by atoms with Gasteiger partial charge in [0.05, 0.1) is 13.7 Å². The fourth-order valence-corrected chi connectivity index (χ4v) is 1.88. The fraction of sp³-hybridized carbons (Fsp3) is 0.267. The number of hydrogen-bond donors (Lipinski definition) is 1. The van der Waals surface area contributed by atoms with Crippen LogP contribution in [0.25, 0.3) is 0 Å². The molecule has 100 valence electrons. The molecule has 1 heterocycles. The third-order valence-corrected chi connectivity index (χ3v) is 2.97. The summed E-state index contributed by atoms with van der Waals surface area (Å²) in [5, 5.41) is 9.82. The highest BCUT2D eigenvalue weighted by Gasteiger charge is 2.08. The topological polar surface area (TPSA) is 45.6 Å². The lowest BCUT2D eigenvalue weighted by Crippen LogP contribution is -2.17. The summed E-state index contributed by atoms with van der Waals surface area (Å²) in [7, 11) is 3.60. The van der Waals surface area contributed by atoms with Crippen LogP contribution in [0.1, 0.15) is 11.4 Å². The number of hydrogen-bond acceptors (Lipinski definition) is 4. The SMILES string of the molecule is COc1cccc(N(C)Cc2nc(C)ccc2O)c1. The summed E-state index contributed by atoms with van der Waals surface area (Å²) in [4.78, 5) is 6.38. The van der Waals surface area contributed by atoms with E-state index in [1.165, 1.54) is 0 Å². The van der Waals surface area contributed by atoms with Crippen LogP contribution in [0.4, 0.5) is 5.69 Å². The van der Waals surface area contributed by atoms with Crippen molar-refractivity contribution in [2.75, 3.05) is 19.1 Å². The largest absolute Gasteiger partial charge is 0.506 e. The number of aromatic hydroxyl groups is 1. The summed E-state index contributed by atoms with van der Waals surface area (Å²) in [5.74, 6) is 1.03. The van der Waals surface area contributed by atoms with Crippen LogP contribution in [0.5, 0.6) is 11.5 Å². The molecule has 0 aliphatic carbocycles. The van der Waals surface area contributed by atoms with Crippen molar-refractivity contribution < 1.29 is 9.84 Å². The minimum atomic E-state index is 0.223. The van der Waals surface area contributed by atoms with Gasteiger partial charge in [-0.05, 0) is 31.2 Å². The van der Waals surface area contributed by atoms with Crippen molar-refractivity contribution in [3.05, 3.63) is 47.8 Å². The molecule has 4 heteroatoms. The number of rotatable bonds is 4. The molecule has 0 saturated heterocycles. The number of benzene rings is 1. The molecule has 4 nitrogen and oxygen atoms in total. The van der Waals surface area contributed by atoms with E-state index < -0.39 is 0 Å². The molecule has 0 atom stereocenters. The van der Waals surface area contributed by atoms with Crippen molar-refractivity contribution in [2.45, 2.75) is 13.5 Å². The highest BCUT2D eigenvalue weighted by molar-refractivity contribution is 5.50. The highest BCUT2D eigenvalue weighted by atomic mass is 16.5. The molecule has 0 aliphatic rings. The first-order valence-corrected chi connectivity index (χ1v) is 6.11. The first-order chi connectivity index (χ1) is 9.10. The van der Waals surface area contributed by atoms with E-state index in [4.69, 9.17) is 4.74 Å². The Morgan fingerprint density at radius 3 is 2.79 bits per heavy atom. The molecule has 0 saturated carbocycles. The van der Waals surface area contributed by atoms with Crippen LogP contribution in [0, 0.1) is 6.92 Å². The monoisotopic (exact) mass is 258 g/mol. The van der Waals surface area contributed by atoms with Crippen LogP contribution < -0.4 is 9.64 Å². The minimum Gasteiger partial charge on any atom is -0.506 e. The van der Waals surface area contributed by atoms with Crippen molar-refractivity contribution in [1.82, 2.24) is 4.98 Å². The van der Waals surface area contributed by atoms with E-state index in [0.717, 1.165) is 17.1 Å². The molecule has 0 spiro atoms. The summed E-state index contributed by atoms with van der Waals surface area (Å²) in [6.07, 6.45) is 0. The van der Waals surface area contributed by atoms with Crippen molar-refractivity contribution in [3.63, 3.8) is 0 Å². The van der Waals surface area contributed by atoms with E-state index in [0.29, 0.717) is 12.2 Å². The number of pyridine rings is 1. The van der Waals surface area contributed by atoms with Gasteiger partial charge >= 0.3 is 0 Å². The van der Waals surface area contributed by atoms with Gasteiger partial charge in [-0.3, -0.25) is 4.98 Å². The van der Waals surface area contributed by atoms with Gasteiger partial charge in [0.1, 0.15) is 17.2 Å². The molecule has 0 amide bonds. The molecule has 1 N–H and O–H groups in total. The van der Waals surface area contributed by atoms with Crippen LogP contribution in [0.3, 0.4) is 0 Å². The smallest absolute Gasteiger partial charge is 0.138 e. The molecule has 0 radical (unpaired) electrons. The average molecular weight is 258 g/mol. The van der Waals surface area contributed by atoms with Gasteiger partial charge < -0.3 is 14.7 Å². The van der Waals surface area contributed by atoms with Gasteiger partial charge in [-0.1, -0.05) is 6.07 Å². The van der Waals surface area contributed by atoms with E-state index in [-0.39, 0.29) is 5.75 Å². The highest BCUT2D eigenvalue weighted by Crippen LogP contribution is 2.23. The Bertz CT molecular complexity index is 570. The molecule has 2 rings (SSSR count). The lowest BCUT2D eigenvalue weighted by atomic mass is 10.2. The lowest BCUT2D eigenvalue weighted by Gasteiger charge is -2.20. The number of nitrogens with zero attached hydrogens (tertiary/aromatic N) is 2. The summed E-state index contributed by atoms with van der Waals surface area (Å²) in [6, 6.07) is 11.3. The Labute approximate surface area is 113 Å². The standard InChI is InChI=1S/C15H18N2O2/c1-11-7-8-15(18)14(16-11)10-17(2)12-5-4-6-13(9-12)19-3/h4-9,18H,10H2,1-3H3. The number of aryl methyl sites for hydroxylation is 1. The molecule has 1 aromatic heterocycles. The Morgan fingerprint density at radius 2 is 2.05 bits per heavy atom. The normalized spacial score (nSPS) is 10.3. The summed E-state index contributed by atoms with van der Waals surface area (Å²) in [6.45, 7) is 2.45. The quantitative estimate of drug-likeness (QED) is 0.916.